The van der Waals surface area contributed by atoms with Gasteiger partial charge in [0.05, 0.1) is 30.1 Å². The Morgan fingerprint density at radius 2 is 1.94 bits per heavy atom. The molecule has 3 heterocycles. The second-order valence-electron chi connectivity index (χ2n) is 7.79. The van der Waals surface area contributed by atoms with Gasteiger partial charge in [0.25, 0.3) is 6.43 Å². The number of hydrogen-bond acceptors (Lipinski definition) is 5. The Labute approximate surface area is 184 Å². The summed E-state index contributed by atoms with van der Waals surface area (Å²) in [5, 5.41) is 18.7. The van der Waals surface area contributed by atoms with Gasteiger partial charge in [-0.25, -0.2) is 8.78 Å². The molecule has 0 aromatic carbocycles. The van der Waals surface area contributed by atoms with Crippen LogP contribution in [0.1, 0.15) is 43.2 Å². The lowest BCUT2D eigenvalue weighted by Crippen LogP contribution is -2.48. The van der Waals surface area contributed by atoms with E-state index in [9.17, 15) is 8.78 Å². The molecule has 166 valence electrons. The maximum Gasteiger partial charge on any atom is 0.265 e. The summed E-state index contributed by atoms with van der Waals surface area (Å²) in [6.07, 6.45) is 13.0. The Bertz CT molecular complexity index is 1260. The third kappa shape index (κ3) is 4.96. The zero-order valence-corrected chi connectivity index (χ0v) is 17.7. The highest BCUT2D eigenvalue weighted by Gasteiger charge is 2.14. The molecule has 0 unspecified atom stereocenters. The van der Waals surface area contributed by atoms with Gasteiger partial charge >= 0.3 is 0 Å². The maximum atomic E-state index is 13.1. The molecule has 0 radical (unpaired) electrons. The highest BCUT2D eigenvalue weighted by molar-refractivity contribution is 5.97. The second-order valence-corrected chi connectivity index (χ2v) is 7.79. The van der Waals surface area contributed by atoms with Crippen LogP contribution in [0.4, 0.5) is 8.78 Å². The first-order chi connectivity index (χ1) is 15.5. The smallest absolute Gasteiger partial charge is 0.265 e. The van der Waals surface area contributed by atoms with Crippen LogP contribution in [0.5, 0.6) is 0 Å². The first-order valence-electron chi connectivity index (χ1n) is 10.6. The molecule has 0 amide bonds. The maximum absolute atomic E-state index is 13.1. The van der Waals surface area contributed by atoms with Crippen molar-refractivity contribution in [3.8, 4) is 0 Å². The van der Waals surface area contributed by atoms with Crippen molar-refractivity contribution in [1.82, 2.24) is 14.5 Å². The largest absolute Gasteiger partial charge is 0.381 e. The predicted octanol–water partition coefficient (Wildman–Crippen LogP) is 2.78. The third-order valence-electron chi connectivity index (χ3n) is 5.48. The molecule has 1 aliphatic carbocycles. The average molecular weight is 437 g/mol. The zero-order valence-electron chi connectivity index (χ0n) is 17.7. The summed E-state index contributed by atoms with van der Waals surface area (Å²) in [5.74, 6) is 0.241. The van der Waals surface area contributed by atoms with Gasteiger partial charge in [0.2, 0.25) is 0 Å². The van der Waals surface area contributed by atoms with E-state index in [2.05, 4.69) is 16.0 Å². The van der Waals surface area contributed by atoms with E-state index in [1.807, 2.05) is 18.2 Å². The molecule has 0 fully saturated rings. The quantitative estimate of drug-likeness (QED) is 0.570. The fraction of sp³-hybridized carbons (Fsp3) is 0.333. The first-order valence-corrected chi connectivity index (χ1v) is 10.6. The number of ether oxygens (including phenoxy) is 1. The molecule has 6 nitrogen and oxygen atoms in total. The number of pyridine rings is 1. The van der Waals surface area contributed by atoms with Gasteiger partial charge in [0.1, 0.15) is 11.3 Å². The molecule has 2 aromatic heterocycles. The number of rotatable bonds is 4. The molecular formula is C24H25F2N5O. The molecule has 0 spiro atoms. The van der Waals surface area contributed by atoms with Gasteiger partial charge in [-0.15, -0.1) is 0 Å². The number of nitrogens with one attached hydrogen (secondary N) is 2. The number of halogens is 2. The zero-order chi connectivity index (χ0) is 22.5. The van der Waals surface area contributed by atoms with Crippen LogP contribution >= 0.6 is 0 Å². The molecule has 0 atom stereocenters. The van der Waals surface area contributed by atoms with Gasteiger partial charge in [-0.3, -0.25) is 25.4 Å². The van der Waals surface area contributed by atoms with E-state index in [-0.39, 0.29) is 16.9 Å². The third-order valence-corrected chi connectivity index (χ3v) is 5.48. The van der Waals surface area contributed by atoms with Gasteiger partial charge in [-0.1, -0.05) is 18.2 Å². The summed E-state index contributed by atoms with van der Waals surface area (Å²) >= 11 is 0. The first kappa shape index (κ1) is 22.0. The van der Waals surface area contributed by atoms with Crippen molar-refractivity contribution in [1.29, 1.82) is 10.8 Å². The fourth-order valence-corrected chi connectivity index (χ4v) is 3.90. The van der Waals surface area contributed by atoms with E-state index < -0.39 is 6.43 Å². The summed E-state index contributed by atoms with van der Waals surface area (Å²) in [4.78, 5) is 8.39. The van der Waals surface area contributed by atoms with Crippen molar-refractivity contribution in [2.45, 2.75) is 38.5 Å². The van der Waals surface area contributed by atoms with E-state index in [4.69, 9.17) is 15.6 Å². The van der Waals surface area contributed by atoms with Gasteiger partial charge in [-0.05, 0) is 61.0 Å². The number of alkyl halides is 2. The van der Waals surface area contributed by atoms with Crippen LogP contribution in [0.3, 0.4) is 0 Å². The van der Waals surface area contributed by atoms with E-state index in [1.54, 1.807) is 10.8 Å². The van der Waals surface area contributed by atoms with Crippen molar-refractivity contribution < 1.29 is 13.5 Å². The van der Waals surface area contributed by atoms with E-state index in [1.165, 1.54) is 18.5 Å². The molecule has 32 heavy (non-hydrogen) atoms. The summed E-state index contributed by atoms with van der Waals surface area (Å²) in [6.45, 7) is 1.17. The SMILES string of the molecule is N=C(C1=CCCOCC1)n1c(=N)cnc2/c1=C\C(Cc1cncc(C(F)F)c1)=C/CCC=2. The molecule has 4 rings (SSSR count). The van der Waals surface area contributed by atoms with Crippen LogP contribution in [0, 0.1) is 10.8 Å². The topological polar surface area (TPSA) is 87.6 Å². The van der Waals surface area contributed by atoms with Crippen molar-refractivity contribution in [2.75, 3.05) is 13.2 Å². The standard InChI is InChI=1S/C24H25F2N5O/c25-23(26)19-11-17(13-29-14-19)10-16-4-1-2-6-20-21(12-16)31(22(27)15-30-20)24(28)18-5-3-8-32-9-7-18/h4-6,11-15,23,27-28H,1-3,7-10H2/b16-4-,20-6?,21-12+,27-22?,28-24?. The highest BCUT2D eigenvalue weighted by Crippen LogP contribution is 2.20. The highest BCUT2D eigenvalue weighted by atomic mass is 19.3. The molecule has 8 heteroatoms. The Hall–Kier alpha value is -3.26. The minimum absolute atomic E-state index is 0.0999. The molecule has 0 bridgehead atoms. The van der Waals surface area contributed by atoms with E-state index in [0.29, 0.717) is 42.3 Å². The number of hydrogen-bond donors (Lipinski definition) is 2. The minimum atomic E-state index is -2.57. The second kappa shape index (κ2) is 9.91. The van der Waals surface area contributed by atoms with Crippen molar-refractivity contribution in [3.63, 3.8) is 0 Å². The Balaban J connectivity index is 1.79. The monoisotopic (exact) mass is 437 g/mol. The number of nitrogens with zero attached hydrogens (tertiary/aromatic N) is 3. The van der Waals surface area contributed by atoms with Crippen LogP contribution in [-0.2, 0) is 11.2 Å². The number of aromatic nitrogens is 3. The molecule has 2 N–H and O–H groups in total. The molecule has 0 saturated carbocycles. The van der Waals surface area contributed by atoms with Crippen LogP contribution in [0.25, 0.3) is 12.2 Å². The summed E-state index contributed by atoms with van der Waals surface area (Å²) < 4.78 is 33.3. The fourth-order valence-electron chi connectivity index (χ4n) is 3.90. The lowest BCUT2D eigenvalue weighted by atomic mass is 10.0. The molecule has 2 aromatic rings. The van der Waals surface area contributed by atoms with Crippen LogP contribution in [0.2, 0.25) is 0 Å². The summed E-state index contributed by atoms with van der Waals surface area (Å²) in [6, 6.07) is 1.48. The van der Waals surface area contributed by atoms with Crippen LogP contribution in [0.15, 0.2) is 48.0 Å². The predicted molar refractivity (Wildman–Crippen MR) is 118 cm³/mol. The van der Waals surface area contributed by atoms with Crippen LogP contribution in [-0.4, -0.2) is 33.6 Å². The Morgan fingerprint density at radius 1 is 1.09 bits per heavy atom. The molecule has 0 saturated heterocycles. The van der Waals surface area contributed by atoms with Crippen molar-refractivity contribution >= 4 is 18.0 Å². The lowest BCUT2D eigenvalue weighted by Gasteiger charge is -2.14. The minimum Gasteiger partial charge on any atom is -0.381 e. The number of fused-ring (bicyclic) bond motifs is 1. The van der Waals surface area contributed by atoms with E-state index >= 15 is 0 Å². The normalized spacial score (nSPS) is 19.2. The average Bonchev–Trinajstić information content (AvgIpc) is 3.05. The Kier molecular flexibility index (Phi) is 6.80. The van der Waals surface area contributed by atoms with Gasteiger partial charge in [0, 0.05) is 18.0 Å². The summed E-state index contributed by atoms with van der Waals surface area (Å²) in [7, 11) is 0. The Morgan fingerprint density at radius 3 is 2.78 bits per heavy atom. The molecule has 2 aliphatic rings. The molecular weight excluding hydrogens is 412 g/mol. The number of allylic oxidation sites excluding steroid dienone is 2. The summed E-state index contributed by atoms with van der Waals surface area (Å²) in [5.41, 5.74) is 2.46. The van der Waals surface area contributed by atoms with Gasteiger partial charge in [-0.2, -0.15) is 0 Å². The van der Waals surface area contributed by atoms with E-state index in [0.717, 1.165) is 30.4 Å². The van der Waals surface area contributed by atoms with Crippen molar-refractivity contribution in [2.24, 2.45) is 0 Å². The molecule has 1 aliphatic heterocycles. The lowest BCUT2D eigenvalue weighted by molar-refractivity contribution is 0.147. The van der Waals surface area contributed by atoms with Gasteiger partial charge < -0.3 is 4.74 Å². The van der Waals surface area contributed by atoms with Crippen molar-refractivity contribution in [3.05, 3.63) is 75.3 Å². The van der Waals surface area contributed by atoms with Gasteiger partial charge in [0.15, 0.2) is 0 Å². The van der Waals surface area contributed by atoms with Crippen LogP contribution < -0.4 is 16.2 Å².